The maximum Gasteiger partial charge on any atom is 0.171 e. The monoisotopic (exact) mass is 226 g/mol. The van der Waals surface area contributed by atoms with E-state index in [4.69, 9.17) is 5.73 Å². The molecular formula is C11H18N2OS. The summed E-state index contributed by atoms with van der Waals surface area (Å²) in [5.41, 5.74) is 6.31. The van der Waals surface area contributed by atoms with E-state index in [1.165, 1.54) is 24.2 Å². The van der Waals surface area contributed by atoms with E-state index < -0.39 is 0 Å². The molecule has 0 fully saturated rings. The summed E-state index contributed by atoms with van der Waals surface area (Å²) >= 11 is 1.44. The lowest BCUT2D eigenvalue weighted by atomic mass is 10.2. The first-order chi connectivity index (χ1) is 7.15. The van der Waals surface area contributed by atoms with Crippen molar-refractivity contribution in [3.8, 4) is 0 Å². The second-order valence-electron chi connectivity index (χ2n) is 3.59. The molecule has 0 saturated carbocycles. The van der Waals surface area contributed by atoms with Crippen molar-refractivity contribution in [1.29, 1.82) is 0 Å². The number of rotatable bonds is 6. The fraction of sp³-hybridized carbons (Fsp3) is 0.545. The van der Waals surface area contributed by atoms with E-state index in [1.54, 1.807) is 6.92 Å². The Balaban J connectivity index is 2.48. The molecular weight excluding hydrogens is 208 g/mol. The van der Waals surface area contributed by atoms with E-state index >= 15 is 0 Å². The number of carbonyl (C=O) groups is 1. The van der Waals surface area contributed by atoms with E-state index in [0.717, 1.165) is 18.0 Å². The molecule has 0 unspecified atom stereocenters. The van der Waals surface area contributed by atoms with Crippen molar-refractivity contribution >= 4 is 27.8 Å². The molecule has 1 aromatic rings. The van der Waals surface area contributed by atoms with Crippen molar-refractivity contribution in [3.63, 3.8) is 0 Å². The zero-order valence-electron chi connectivity index (χ0n) is 9.30. The van der Waals surface area contributed by atoms with Crippen molar-refractivity contribution in [1.82, 2.24) is 0 Å². The van der Waals surface area contributed by atoms with Gasteiger partial charge in [-0.1, -0.05) is 19.8 Å². The van der Waals surface area contributed by atoms with E-state index in [-0.39, 0.29) is 5.78 Å². The first-order valence-electron chi connectivity index (χ1n) is 5.29. The highest BCUT2D eigenvalue weighted by Gasteiger charge is 2.09. The molecule has 0 bridgehead atoms. The maximum absolute atomic E-state index is 11.2. The van der Waals surface area contributed by atoms with Crippen molar-refractivity contribution in [2.24, 2.45) is 0 Å². The molecule has 15 heavy (non-hydrogen) atoms. The molecule has 0 aromatic carbocycles. The second kappa shape index (κ2) is 5.75. The van der Waals surface area contributed by atoms with Gasteiger partial charge in [-0.3, -0.25) is 4.79 Å². The number of unbranched alkanes of at least 4 members (excludes halogenated alkanes) is 2. The van der Waals surface area contributed by atoms with Crippen LogP contribution in [0.25, 0.3) is 0 Å². The minimum absolute atomic E-state index is 0.0408. The van der Waals surface area contributed by atoms with Gasteiger partial charge in [-0.25, -0.2) is 0 Å². The molecule has 0 amide bonds. The van der Waals surface area contributed by atoms with Gasteiger partial charge >= 0.3 is 0 Å². The second-order valence-corrected chi connectivity index (χ2v) is 4.64. The van der Waals surface area contributed by atoms with Gasteiger partial charge in [-0.05, 0) is 12.5 Å². The van der Waals surface area contributed by atoms with Gasteiger partial charge in [-0.15, -0.1) is 11.3 Å². The summed E-state index contributed by atoms with van der Waals surface area (Å²) in [6.45, 7) is 4.67. The van der Waals surface area contributed by atoms with Crippen LogP contribution in [0.15, 0.2) is 6.07 Å². The number of nitrogen functional groups attached to an aromatic ring is 1. The minimum Gasteiger partial charge on any atom is -0.397 e. The Morgan fingerprint density at radius 2 is 2.27 bits per heavy atom. The van der Waals surface area contributed by atoms with Crippen LogP contribution in [0.1, 0.15) is 42.8 Å². The Kier molecular flexibility index (Phi) is 4.62. The number of hydrogen-bond donors (Lipinski definition) is 2. The molecule has 4 heteroatoms. The number of nitrogens with one attached hydrogen (secondary N) is 1. The molecule has 0 atom stereocenters. The standard InChI is InChI=1S/C11H18N2OS/c1-3-4-5-6-13-10-7-9(12)11(15-10)8(2)14/h7,13H,3-6,12H2,1-2H3. The largest absolute Gasteiger partial charge is 0.397 e. The average Bonchev–Trinajstić information content (AvgIpc) is 2.55. The third kappa shape index (κ3) is 3.55. The summed E-state index contributed by atoms with van der Waals surface area (Å²) in [6.07, 6.45) is 3.60. The van der Waals surface area contributed by atoms with E-state index in [1.807, 2.05) is 6.07 Å². The molecule has 0 radical (unpaired) electrons. The van der Waals surface area contributed by atoms with Gasteiger partial charge in [0.05, 0.1) is 15.6 Å². The number of anilines is 2. The van der Waals surface area contributed by atoms with Gasteiger partial charge < -0.3 is 11.1 Å². The fourth-order valence-electron chi connectivity index (χ4n) is 1.35. The lowest BCUT2D eigenvalue weighted by Crippen LogP contribution is -1.98. The summed E-state index contributed by atoms with van der Waals surface area (Å²) in [6, 6.07) is 1.84. The Hall–Kier alpha value is -1.03. The van der Waals surface area contributed by atoms with Crippen molar-refractivity contribution in [2.45, 2.75) is 33.1 Å². The third-order valence-electron chi connectivity index (χ3n) is 2.16. The van der Waals surface area contributed by atoms with Gasteiger partial charge in [0.15, 0.2) is 5.78 Å². The van der Waals surface area contributed by atoms with Crippen LogP contribution in [0.4, 0.5) is 10.7 Å². The first-order valence-corrected chi connectivity index (χ1v) is 6.11. The van der Waals surface area contributed by atoms with Crippen LogP contribution < -0.4 is 11.1 Å². The molecule has 0 aliphatic rings. The topological polar surface area (TPSA) is 55.1 Å². The van der Waals surface area contributed by atoms with Crippen molar-refractivity contribution < 1.29 is 4.79 Å². The lowest BCUT2D eigenvalue weighted by molar-refractivity contribution is 0.102. The molecule has 1 rings (SSSR count). The Labute approximate surface area is 94.7 Å². The van der Waals surface area contributed by atoms with Crippen molar-refractivity contribution in [2.75, 3.05) is 17.6 Å². The fourth-order valence-corrected chi connectivity index (χ4v) is 2.25. The predicted octanol–water partition coefficient (Wildman–Crippen LogP) is 3.14. The summed E-state index contributed by atoms with van der Waals surface area (Å²) in [5, 5.41) is 4.28. The number of ketones is 1. The van der Waals surface area contributed by atoms with Gasteiger partial charge in [0.25, 0.3) is 0 Å². The summed E-state index contributed by atoms with van der Waals surface area (Å²) in [7, 11) is 0. The normalized spacial score (nSPS) is 10.3. The van der Waals surface area contributed by atoms with Gasteiger partial charge in [-0.2, -0.15) is 0 Å². The Morgan fingerprint density at radius 1 is 1.53 bits per heavy atom. The first kappa shape index (κ1) is 12.0. The average molecular weight is 226 g/mol. The van der Waals surface area contributed by atoms with Gasteiger partial charge in [0, 0.05) is 13.5 Å². The van der Waals surface area contributed by atoms with E-state index in [2.05, 4.69) is 12.2 Å². The summed E-state index contributed by atoms with van der Waals surface area (Å²) in [4.78, 5) is 11.8. The zero-order valence-corrected chi connectivity index (χ0v) is 10.1. The highest BCUT2D eigenvalue weighted by atomic mass is 32.1. The van der Waals surface area contributed by atoms with Crippen LogP contribution in [-0.2, 0) is 0 Å². The highest BCUT2D eigenvalue weighted by Crippen LogP contribution is 2.29. The molecule has 1 heterocycles. The third-order valence-corrected chi connectivity index (χ3v) is 3.37. The number of thiophene rings is 1. The van der Waals surface area contributed by atoms with E-state index in [0.29, 0.717) is 10.6 Å². The molecule has 0 spiro atoms. The number of Topliss-reactive ketones (excluding diaryl/α,β-unsaturated/α-hetero) is 1. The van der Waals surface area contributed by atoms with Crippen LogP contribution in [0, 0.1) is 0 Å². The smallest absolute Gasteiger partial charge is 0.171 e. The lowest BCUT2D eigenvalue weighted by Gasteiger charge is -2.01. The van der Waals surface area contributed by atoms with Crippen LogP contribution in [0.2, 0.25) is 0 Å². The van der Waals surface area contributed by atoms with E-state index in [9.17, 15) is 4.79 Å². The molecule has 84 valence electrons. The number of carbonyl (C=O) groups excluding carboxylic acids is 1. The summed E-state index contributed by atoms with van der Waals surface area (Å²) < 4.78 is 0. The minimum atomic E-state index is 0.0408. The predicted molar refractivity (Wildman–Crippen MR) is 66.8 cm³/mol. The van der Waals surface area contributed by atoms with Crippen LogP contribution in [0.5, 0.6) is 0 Å². The Morgan fingerprint density at radius 3 is 2.80 bits per heavy atom. The highest BCUT2D eigenvalue weighted by molar-refractivity contribution is 7.18. The van der Waals surface area contributed by atoms with Crippen LogP contribution >= 0.6 is 11.3 Å². The Bertz CT molecular complexity index is 333. The van der Waals surface area contributed by atoms with Crippen LogP contribution in [0.3, 0.4) is 0 Å². The van der Waals surface area contributed by atoms with Gasteiger partial charge in [0.2, 0.25) is 0 Å². The quantitative estimate of drug-likeness (QED) is 0.579. The molecule has 3 N–H and O–H groups in total. The number of nitrogens with two attached hydrogens (primary N) is 1. The maximum atomic E-state index is 11.2. The van der Waals surface area contributed by atoms with Gasteiger partial charge in [0.1, 0.15) is 0 Å². The summed E-state index contributed by atoms with van der Waals surface area (Å²) in [5.74, 6) is 0.0408. The molecule has 1 aromatic heterocycles. The molecule has 0 aliphatic heterocycles. The van der Waals surface area contributed by atoms with Crippen molar-refractivity contribution in [3.05, 3.63) is 10.9 Å². The SMILES string of the molecule is CCCCCNc1cc(N)c(C(C)=O)s1. The number of hydrogen-bond acceptors (Lipinski definition) is 4. The van der Waals surface area contributed by atoms with Crippen LogP contribution in [-0.4, -0.2) is 12.3 Å². The zero-order chi connectivity index (χ0) is 11.3. The molecule has 0 saturated heterocycles. The molecule has 0 aliphatic carbocycles. The molecule has 3 nitrogen and oxygen atoms in total.